The summed E-state index contributed by atoms with van der Waals surface area (Å²) in [5.74, 6) is -1.60. The zero-order valence-electron chi connectivity index (χ0n) is 9.24. The molecule has 1 rings (SSSR count). The van der Waals surface area contributed by atoms with Gasteiger partial charge in [0.15, 0.2) is 0 Å². The van der Waals surface area contributed by atoms with E-state index in [1.807, 2.05) is 0 Å². The third kappa shape index (κ3) is 4.84. The highest BCUT2D eigenvalue weighted by molar-refractivity contribution is 6.39. The van der Waals surface area contributed by atoms with Gasteiger partial charge in [-0.2, -0.15) is 0 Å². The van der Waals surface area contributed by atoms with Gasteiger partial charge >= 0.3 is 11.8 Å². The molecule has 5 nitrogen and oxygen atoms in total. The molecule has 6 heteroatoms. The zero-order valence-corrected chi connectivity index (χ0v) is 9.99. The predicted octanol–water partition coefficient (Wildman–Crippen LogP) is 0.775. The first-order valence-electron chi connectivity index (χ1n) is 5.02. The Hall–Kier alpha value is -1.59. The first-order chi connectivity index (χ1) is 7.99. The van der Waals surface area contributed by atoms with Crippen molar-refractivity contribution in [2.45, 2.75) is 13.0 Å². The molecular weight excluding hydrogens is 244 g/mol. The molecule has 0 fully saturated rings. The van der Waals surface area contributed by atoms with Crippen molar-refractivity contribution in [1.29, 1.82) is 0 Å². The Kier molecular flexibility index (Phi) is 4.93. The van der Waals surface area contributed by atoms with Crippen LogP contribution in [0.2, 0.25) is 5.02 Å². The Morgan fingerprint density at radius 3 is 2.71 bits per heavy atom. The molecule has 0 aliphatic heterocycles. The number of amides is 2. The molecule has 0 aromatic heterocycles. The van der Waals surface area contributed by atoms with Crippen LogP contribution in [0.5, 0.6) is 0 Å². The molecule has 1 aromatic carbocycles. The number of carbonyl (C=O) groups excluding carboxylic acids is 2. The maximum absolute atomic E-state index is 11.4. The summed E-state index contributed by atoms with van der Waals surface area (Å²) < 4.78 is 0. The number of halogens is 1. The van der Waals surface area contributed by atoms with E-state index < -0.39 is 17.9 Å². The molecule has 0 bridgehead atoms. The smallest absolute Gasteiger partial charge is 0.313 e. The van der Waals surface area contributed by atoms with Gasteiger partial charge in [0.05, 0.1) is 6.10 Å². The van der Waals surface area contributed by atoms with Gasteiger partial charge in [-0.15, -0.1) is 0 Å². The van der Waals surface area contributed by atoms with Crippen LogP contribution in [0.4, 0.5) is 5.69 Å². The van der Waals surface area contributed by atoms with E-state index in [0.29, 0.717) is 10.7 Å². The number of hydrogen-bond donors (Lipinski definition) is 3. The molecule has 3 N–H and O–H groups in total. The van der Waals surface area contributed by atoms with Crippen molar-refractivity contribution in [3.8, 4) is 0 Å². The lowest BCUT2D eigenvalue weighted by molar-refractivity contribution is -0.136. The molecule has 0 aliphatic carbocycles. The molecule has 92 valence electrons. The number of aliphatic hydroxyl groups is 1. The van der Waals surface area contributed by atoms with Gasteiger partial charge < -0.3 is 15.7 Å². The number of carbonyl (C=O) groups is 2. The van der Waals surface area contributed by atoms with Gasteiger partial charge in [-0.1, -0.05) is 17.7 Å². The van der Waals surface area contributed by atoms with Crippen LogP contribution in [0.1, 0.15) is 6.92 Å². The summed E-state index contributed by atoms with van der Waals surface area (Å²) in [5, 5.41) is 14.1. The quantitative estimate of drug-likeness (QED) is 0.699. The van der Waals surface area contributed by atoms with Gasteiger partial charge in [-0.3, -0.25) is 9.59 Å². The molecule has 0 saturated carbocycles. The van der Waals surface area contributed by atoms with Crippen LogP contribution in [0, 0.1) is 0 Å². The van der Waals surface area contributed by atoms with Crippen molar-refractivity contribution in [3.63, 3.8) is 0 Å². The van der Waals surface area contributed by atoms with E-state index in [9.17, 15) is 9.59 Å². The summed E-state index contributed by atoms with van der Waals surface area (Å²) in [6.07, 6.45) is -0.696. The van der Waals surface area contributed by atoms with Crippen LogP contribution in [-0.4, -0.2) is 29.6 Å². The highest BCUT2D eigenvalue weighted by Crippen LogP contribution is 2.14. The lowest BCUT2D eigenvalue weighted by Gasteiger charge is -2.07. The summed E-state index contributed by atoms with van der Waals surface area (Å²) in [7, 11) is 0. The molecule has 2 amide bonds. The number of rotatable bonds is 3. The van der Waals surface area contributed by atoms with Gasteiger partial charge in [0, 0.05) is 17.3 Å². The molecule has 0 unspecified atom stereocenters. The highest BCUT2D eigenvalue weighted by Gasteiger charge is 2.13. The van der Waals surface area contributed by atoms with Crippen LogP contribution < -0.4 is 10.6 Å². The van der Waals surface area contributed by atoms with Crippen molar-refractivity contribution in [2.75, 3.05) is 11.9 Å². The minimum absolute atomic E-state index is 0.0296. The molecular formula is C11H13ClN2O3. The second-order valence-electron chi connectivity index (χ2n) is 3.52. The molecule has 0 radical (unpaired) electrons. The number of benzene rings is 1. The number of aliphatic hydroxyl groups excluding tert-OH is 1. The summed E-state index contributed by atoms with van der Waals surface area (Å²) in [5.41, 5.74) is 0.440. The fraction of sp³-hybridized carbons (Fsp3) is 0.273. The minimum Gasteiger partial charge on any atom is -0.392 e. The second-order valence-corrected chi connectivity index (χ2v) is 3.96. The predicted molar refractivity (Wildman–Crippen MR) is 64.8 cm³/mol. The third-order valence-corrected chi connectivity index (χ3v) is 2.08. The Morgan fingerprint density at radius 2 is 2.12 bits per heavy atom. The fourth-order valence-corrected chi connectivity index (χ4v) is 1.27. The summed E-state index contributed by atoms with van der Waals surface area (Å²) in [4.78, 5) is 22.7. The Labute approximate surface area is 104 Å². The Balaban J connectivity index is 2.51. The van der Waals surface area contributed by atoms with Crippen molar-refractivity contribution < 1.29 is 14.7 Å². The maximum Gasteiger partial charge on any atom is 0.313 e. The van der Waals surface area contributed by atoms with Crippen LogP contribution >= 0.6 is 11.6 Å². The molecule has 17 heavy (non-hydrogen) atoms. The maximum atomic E-state index is 11.4. The standard InChI is InChI=1S/C11H13ClN2O3/c1-7(15)6-13-10(16)11(17)14-9-4-2-3-8(12)5-9/h2-5,7,15H,6H2,1H3,(H,13,16)(H,14,17)/t7-/m0/s1. The molecule has 0 aliphatic rings. The number of hydrogen-bond acceptors (Lipinski definition) is 3. The SMILES string of the molecule is C[C@H](O)CNC(=O)C(=O)Nc1cccc(Cl)c1. The van der Waals surface area contributed by atoms with Crippen molar-refractivity contribution in [2.24, 2.45) is 0 Å². The Morgan fingerprint density at radius 1 is 1.41 bits per heavy atom. The Bertz CT molecular complexity index is 421. The van der Waals surface area contributed by atoms with E-state index in [1.54, 1.807) is 18.2 Å². The normalized spacial score (nSPS) is 11.7. The molecule has 0 spiro atoms. The average molecular weight is 257 g/mol. The summed E-state index contributed by atoms with van der Waals surface area (Å²) >= 11 is 5.73. The highest BCUT2D eigenvalue weighted by atomic mass is 35.5. The van der Waals surface area contributed by atoms with Crippen LogP contribution in [0.3, 0.4) is 0 Å². The summed E-state index contributed by atoms with van der Waals surface area (Å²) in [6, 6.07) is 6.46. The number of anilines is 1. The minimum atomic E-state index is -0.800. The van der Waals surface area contributed by atoms with Crippen molar-refractivity contribution in [3.05, 3.63) is 29.3 Å². The second kappa shape index (κ2) is 6.22. The lowest BCUT2D eigenvalue weighted by atomic mass is 10.3. The molecule has 1 atom stereocenters. The van der Waals surface area contributed by atoms with Crippen molar-refractivity contribution in [1.82, 2.24) is 5.32 Å². The van der Waals surface area contributed by atoms with Crippen LogP contribution in [0.15, 0.2) is 24.3 Å². The summed E-state index contributed by atoms with van der Waals surface area (Å²) in [6.45, 7) is 1.54. The van der Waals surface area contributed by atoms with E-state index in [-0.39, 0.29) is 6.54 Å². The lowest BCUT2D eigenvalue weighted by Crippen LogP contribution is -2.38. The van der Waals surface area contributed by atoms with Gasteiger partial charge in [-0.25, -0.2) is 0 Å². The van der Waals surface area contributed by atoms with E-state index in [2.05, 4.69) is 10.6 Å². The first kappa shape index (κ1) is 13.5. The van der Waals surface area contributed by atoms with Gasteiger partial charge in [0.2, 0.25) is 0 Å². The van der Waals surface area contributed by atoms with E-state index in [4.69, 9.17) is 16.7 Å². The third-order valence-electron chi connectivity index (χ3n) is 1.85. The van der Waals surface area contributed by atoms with Gasteiger partial charge in [0.1, 0.15) is 0 Å². The first-order valence-corrected chi connectivity index (χ1v) is 5.39. The van der Waals surface area contributed by atoms with Crippen LogP contribution in [-0.2, 0) is 9.59 Å². The zero-order chi connectivity index (χ0) is 12.8. The molecule has 1 aromatic rings. The number of nitrogens with one attached hydrogen (secondary N) is 2. The van der Waals surface area contributed by atoms with Gasteiger partial charge in [0.25, 0.3) is 0 Å². The topological polar surface area (TPSA) is 78.4 Å². The fourth-order valence-electron chi connectivity index (χ4n) is 1.07. The molecule has 0 heterocycles. The van der Waals surface area contributed by atoms with Crippen molar-refractivity contribution >= 4 is 29.1 Å². The molecule has 0 saturated heterocycles. The average Bonchev–Trinajstić information content (AvgIpc) is 2.25. The van der Waals surface area contributed by atoms with E-state index >= 15 is 0 Å². The van der Waals surface area contributed by atoms with Crippen LogP contribution in [0.25, 0.3) is 0 Å². The van der Waals surface area contributed by atoms with E-state index in [1.165, 1.54) is 13.0 Å². The largest absolute Gasteiger partial charge is 0.392 e. The monoisotopic (exact) mass is 256 g/mol. The van der Waals surface area contributed by atoms with E-state index in [0.717, 1.165) is 0 Å². The van der Waals surface area contributed by atoms with Gasteiger partial charge in [-0.05, 0) is 25.1 Å².